The Balaban J connectivity index is 1.99. The molecule has 1 unspecified atom stereocenters. The number of ether oxygens (including phenoxy) is 3. The van der Waals surface area contributed by atoms with Crippen molar-refractivity contribution in [3.05, 3.63) is 51.4 Å². The van der Waals surface area contributed by atoms with Crippen molar-refractivity contribution in [1.29, 1.82) is 0 Å². The van der Waals surface area contributed by atoms with Crippen LogP contribution in [0.4, 0.5) is 5.00 Å². The number of hydrogen-bond donors (Lipinski definition) is 1. The van der Waals surface area contributed by atoms with E-state index in [1.165, 1.54) is 0 Å². The van der Waals surface area contributed by atoms with Gasteiger partial charge < -0.3 is 19.5 Å². The molecule has 1 N–H and O–H groups in total. The standard InChI is InChI=1S/C21H23NO6S/c1-6-26-19(24)14-11(2)15(20(25)28-21(3,4)5)29-17(14)22-16-12-9-7-8-10-13(12)18(23)27-16/h7-10,16,22H,6H2,1-5H3. The highest BCUT2D eigenvalue weighted by Gasteiger charge is 2.34. The second kappa shape index (κ2) is 7.87. The molecule has 0 saturated heterocycles. The molecular weight excluding hydrogens is 394 g/mol. The van der Waals surface area contributed by atoms with Gasteiger partial charge >= 0.3 is 17.9 Å². The third-order valence-corrected chi connectivity index (χ3v) is 5.36. The zero-order valence-electron chi connectivity index (χ0n) is 17.0. The molecule has 0 saturated carbocycles. The Bertz CT molecular complexity index is 972. The molecule has 1 aliphatic heterocycles. The number of hydrogen-bond acceptors (Lipinski definition) is 8. The van der Waals surface area contributed by atoms with Crippen LogP contribution >= 0.6 is 11.3 Å². The van der Waals surface area contributed by atoms with Crippen LogP contribution in [0, 0.1) is 6.92 Å². The predicted octanol–water partition coefficient (Wildman–Crippen LogP) is 4.47. The summed E-state index contributed by atoms with van der Waals surface area (Å²) >= 11 is 1.07. The Kier molecular flexibility index (Phi) is 5.66. The molecule has 1 aliphatic rings. The molecule has 0 fully saturated rings. The minimum atomic E-state index is -0.767. The molecule has 3 rings (SSSR count). The van der Waals surface area contributed by atoms with Crippen LogP contribution in [0.2, 0.25) is 0 Å². The molecule has 8 heteroatoms. The number of rotatable bonds is 5. The van der Waals surface area contributed by atoms with E-state index in [0.29, 0.717) is 26.6 Å². The number of esters is 3. The van der Waals surface area contributed by atoms with Gasteiger partial charge in [0, 0.05) is 5.56 Å². The van der Waals surface area contributed by atoms with Crippen LogP contribution in [0.1, 0.15) is 75.4 Å². The van der Waals surface area contributed by atoms with Gasteiger partial charge in [-0.1, -0.05) is 18.2 Å². The maximum absolute atomic E-state index is 12.6. The highest BCUT2D eigenvalue weighted by molar-refractivity contribution is 7.18. The summed E-state index contributed by atoms with van der Waals surface area (Å²) in [7, 11) is 0. The van der Waals surface area contributed by atoms with E-state index in [1.54, 1.807) is 58.9 Å². The fourth-order valence-corrected chi connectivity index (χ4v) is 4.04. The number of cyclic esters (lactones) is 1. The predicted molar refractivity (Wildman–Crippen MR) is 108 cm³/mol. The summed E-state index contributed by atoms with van der Waals surface area (Å²) < 4.78 is 16.0. The number of carbonyl (C=O) groups is 3. The lowest BCUT2D eigenvalue weighted by atomic mass is 10.1. The fraction of sp³-hybridized carbons (Fsp3) is 0.381. The van der Waals surface area contributed by atoms with Crippen molar-refractivity contribution in [1.82, 2.24) is 0 Å². The minimum absolute atomic E-state index is 0.191. The van der Waals surface area contributed by atoms with E-state index in [1.807, 2.05) is 0 Å². The quantitative estimate of drug-likeness (QED) is 0.567. The average Bonchev–Trinajstić information content (AvgIpc) is 3.12. The molecule has 0 aliphatic carbocycles. The number of thiophene rings is 1. The minimum Gasteiger partial charge on any atom is -0.462 e. The fourth-order valence-electron chi connectivity index (χ4n) is 2.96. The van der Waals surface area contributed by atoms with Gasteiger partial charge in [-0.15, -0.1) is 11.3 Å². The van der Waals surface area contributed by atoms with E-state index in [-0.39, 0.29) is 12.2 Å². The lowest BCUT2D eigenvalue weighted by molar-refractivity contribution is 0.00741. The van der Waals surface area contributed by atoms with E-state index in [0.717, 1.165) is 11.3 Å². The SMILES string of the molecule is CCOC(=O)c1c(NC2OC(=O)c3ccccc32)sc(C(=O)OC(C)(C)C)c1C. The van der Waals surface area contributed by atoms with Gasteiger partial charge in [0.2, 0.25) is 6.23 Å². The van der Waals surface area contributed by atoms with Crippen molar-refractivity contribution in [3.63, 3.8) is 0 Å². The van der Waals surface area contributed by atoms with Crippen LogP contribution in [0.15, 0.2) is 24.3 Å². The second-order valence-corrected chi connectivity index (χ2v) is 8.52. The van der Waals surface area contributed by atoms with Crippen LogP contribution in [0.3, 0.4) is 0 Å². The number of fused-ring (bicyclic) bond motifs is 1. The van der Waals surface area contributed by atoms with Crippen LogP contribution in [-0.2, 0) is 14.2 Å². The van der Waals surface area contributed by atoms with Gasteiger partial charge in [0.25, 0.3) is 0 Å². The molecule has 0 amide bonds. The van der Waals surface area contributed by atoms with E-state index in [4.69, 9.17) is 14.2 Å². The van der Waals surface area contributed by atoms with E-state index >= 15 is 0 Å². The Labute approximate surface area is 173 Å². The van der Waals surface area contributed by atoms with Crippen LogP contribution in [0.5, 0.6) is 0 Å². The van der Waals surface area contributed by atoms with E-state index in [2.05, 4.69) is 5.32 Å². The van der Waals surface area contributed by atoms with Crippen molar-refractivity contribution >= 4 is 34.2 Å². The summed E-state index contributed by atoms with van der Waals surface area (Å²) in [5, 5.41) is 3.47. The van der Waals surface area contributed by atoms with Crippen LogP contribution < -0.4 is 5.32 Å². The van der Waals surface area contributed by atoms with Gasteiger partial charge in [-0.25, -0.2) is 14.4 Å². The summed E-state index contributed by atoms with van der Waals surface area (Å²) in [6, 6.07) is 7.00. The molecule has 1 aromatic heterocycles. The molecule has 0 spiro atoms. The van der Waals surface area contributed by atoms with Crippen molar-refractivity contribution in [3.8, 4) is 0 Å². The third kappa shape index (κ3) is 4.27. The zero-order valence-corrected chi connectivity index (χ0v) is 17.8. The van der Waals surface area contributed by atoms with Crippen molar-refractivity contribution in [2.45, 2.75) is 46.4 Å². The number of carbonyl (C=O) groups excluding carboxylic acids is 3. The topological polar surface area (TPSA) is 90.9 Å². The summed E-state index contributed by atoms with van der Waals surface area (Å²) in [5.41, 5.74) is 1.15. The van der Waals surface area contributed by atoms with Crippen molar-refractivity contribution in [2.24, 2.45) is 0 Å². The largest absolute Gasteiger partial charge is 0.462 e. The van der Waals surface area contributed by atoms with E-state index < -0.39 is 29.7 Å². The summed E-state index contributed by atoms with van der Waals surface area (Å²) in [6.07, 6.45) is -0.767. The van der Waals surface area contributed by atoms with Gasteiger partial charge in [-0.2, -0.15) is 0 Å². The van der Waals surface area contributed by atoms with Gasteiger partial charge in [0.15, 0.2) is 0 Å². The molecule has 2 aromatic rings. The van der Waals surface area contributed by atoms with Crippen molar-refractivity contribution < 1.29 is 28.6 Å². The Morgan fingerprint density at radius 3 is 2.55 bits per heavy atom. The van der Waals surface area contributed by atoms with Gasteiger partial charge in [0.05, 0.1) is 17.7 Å². The zero-order chi connectivity index (χ0) is 21.3. The Morgan fingerprint density at radius 2 is 1.90 bits per heavy atom. The first-order valence-electron chi connectivity index (χ1n) is 9.22. The highest BCUT2D eigenvalue weighted by Crippen LogP contribution is 2.39. The molecular formula is C21H23NO6S. The molecule has 1 aromatic carbocycles. The number of benzene rings is 1. The first-order valence-corrected chi connectivity index (χ1v) is 10.0. The lowest BCUT2D eigenvalue weighted by Crippen LogP contribution is -2.23. The van der Waals surface area contributed by atoms with E-state index in [9.17, 15) is 14.4 Å². The third-order valence-electron chi connectivity index (χ3n) is 4.16. The monoisotopic (exact) mass is 417 g/mol. The first-order chi connectivity index (χ1) is 13.6. The number of nitrogens with one attached hydrogen (secondary N) is 1. The molecule has 7 nitrogen and oxygen atoms in total. The number of anilines is 1. The molecule has 1 atom stereocenters. The van der Waals surface area contributed by atoms with Crippen LogP contribution in [0.25, 0.3) is 0 Å². The smallest absolute Gasteiger partial charge is 0.349 e. The molecule has 29 heavy (non-hydrogen) atoms. The van der Waals surface area contributed by atoms with Gasteiger partial charge in [-0.05, 0) is 46.2 Å². The van der Waals surface area contributed by atoms with Gasteiger partial charge in [0.1, 0.15) is 15.5 Å². The maximum atomic E-state index is 12.6. The van der Waals surface area contributed by atoms with Crippen LogP contribution in [-0.4, -0.2) is 30.1 Å². The highest BCUT2D eigenvalue weighted by atomic mass is 32.1. The average molecular weight is 417 g/mol. The summed E-state index contributed by atoms with van der Waals surface area (Å²) in [4.78, 5) is 37.6. The second-order valence-electron chi connectivity index (χ2n) is 7.50. The molecule has 2 heterocycles. The normalized spacial score (nSPS) is 15.5. The van der Waals surface area contributed by atoms with Gasteiger partial charge in [-0.3, -0.25) is 0 Å². The summed E-state index contributed by atoms with van der Waals surface area (Å²) in [5.74, 6) is -1.53. The lowest BCUT2D eigenvalue weighted by Gasteiger charge is -2.19. The maximum Gasteiger partial charge on any atom is 0.349 e. The molecule has 154 valence electrons. The molecule has 0 bridgehead atoms. The first kappa shape index (κ1) is 20.9. The molecule has 0 radical (unpaired) electrons. The Hall–Kier alpha value is -2.87. The Morgan fingerprint density at radius 1 is 1.21 bits per heavy atom. The van der Waals surface area contributed by atoms with Crippen molar-refractivity contribution in [2.75, 3.05) is 11.9 Å². The summed E-state index contributed by atoms with van der Waals surface area (Å²) in [6.45, 7) is 8.88.